The number of nitrogens with zero attached hydrogens (tertiary/aromatic N) is 2. The van der Waals surface area contributed by atoms with Crippen LogP contribution in [0.5, 0.6) is 11.5 Å². The zero-order valence-corrected chi connectivity index (χ0v) is 17.3. The third-order valence-corrected chi connectivity index (χ3v) is 4.64. The van der Waals surface area contributed by atoms with Crippen molar-refractivity contribution in [2.75, 3.05) is 51.4 Å². The number of carbonyl (C=O) groups excluding carboxylic acids is 3. The molecule has 10 nitrogen and oxygen atoms in total. The summed E-state index contributed by atoms with van der Waals surface area (Å²) >= 11 is 0. The van der Waals surface area contributed by atoms with E-state index >= 15 is 0 Å². The summed E-state index contributed by atoms with van der Waals surface area (Å²) in [6, 6.07) is 4.37. The highest BCUT2D eigenvalue weighted by atomic mass is 16.7. The minimum absolute atomic E-state index is 0.0729. The van der Waals surface area contributed by atoms with E-state index in [1.165, 1.54) is 0 Å². The first-order chi connectivity index (χ1) is 14.4. The molecule has 0 bridgehead atoms. The first-order valence-corrected chi connectivity index (χ1v) is 10.1. The SMILES string of the molecule is CC(C)COC(=O)N1CCCN(CC(=O)NC(=O)Nc2ccc3c(c2)OCO3)CC1. The minimum atomic E-state index is -0.618. The van der Waals surface area contributed by atoms with Gasteiger partial charge in [0.25, 0.3) is 0 Å². The normalized spacial score (nSPS) is 16.2. The number of carbonyl (C=O) groups is 3. The van der Waals surface area contributed by atoms with Gasteiger partial charge in [-0.15, -0.1) is 0 Å². The van der Waals surface area contributed by atoms with Crippen LogP contribution < -0.4 is 20.1 Å². The molecule has 0 spiro atoms. The van der Waals surface area contributed by atoms with Gasteiger partial charge in [0.1, 0.15) is 0 Å². The van der Waals surface area contributed by atoms with Crippen LogP contribution in [0.15, 0.2) is 18.2 Å². The van der Waals surface area contributed by atoms with E-state index in [2.05, 4.69) is 10.6 Å². The molecular formula is C20H28N4O6. The van der Waals surface area contributed by atoms with Gasteiger partial charge in [-0.3, -0.25) is 15.0 Å². The van der Waals surface area contributed by atoms with Crippen molar-refractivity contribution in [1.29, 1.82) is 0 Å². The van der Waals surface area contributed by atoms with Gasteiger partial charge >= 0.3 is 12.1 Å². The Morgan fingerprint density at radius 1 is 1.10 bits per heavy atom. The first kappa shape index (κ1) is 21.7. The molecule has 2 aliphatic heterocycles. The van der Waals surface area contributed by atoms with E-state index in [0.29, 0.717) is 50.0 Å². The van der Waals surface area contributed by atoms with Crippen molar-refractivity contribution in [3.8, 4) is 11.5 Å². The van der Waals surface area contributed by atoms with E-state index in [9.17, 15) is 14.4 Å². The maximum atomic E-state index is 12.2. The van der Waals surface area contributed by atoms with Crippen LogP contribution in [0.1, 0.15) is 20.3 Å². The second kappa shape index (κ2) is 10.1. The van der Waals surface area contributed by atoms with Crippen molar-refractivity contribution < 1.29 is 28.6 Å². The highest BCUT2D eigenvalue weighted by Gasteiger charge is 2.22. The van der Waals surface area contributed by atoms with Gasteiger partial charge < -0.3 is 24.4 Å². The molecule has 2 aliphatic rings. The Labute approximate surface area is 175 Å². The lowest BCUT2D eigenvalue weighted by Crippen LogP contribution is -2.43. The van der Waals surface area contributed by atoms with Gasteiger partial charge in [0.15, 0.2) is 11.5 Å². The van der Waals surface area contributed by atoms with Crippen molar-refractivity contribution in [1.82, 2.24) is 15.1 Å². The number of hydrogen-bond acceptors (Lipinski definition) is 7. The van der Waals surface area contributed by atoms with Crippen LogP contribution in [0.3, 0.4) is 0 Å². The summed E-state index contributed by atoms with van der Waals surface area (Å²) in [5.74, 6) is 1.02. The van der Waals surface area contributed by atoms with Gasteiger partial charge in [-0.1, -0.05) is 13.8 Å². The number of fused-ring (bicyclic) bond motifs is 1. The van der Waals surface area contributed by atoms with Gasteiger partial charge in [0, 0.05) is 37.9 Å². The van der Waals surface area contributed by atoms with E-state index in [-0.39, 0.29) is 25.3 Å². The summed E-state index contributed by atoms with van der Waals surface area (Å²) in [5.41, 5.74) is 0.495. The highest BCUT2D eigenvalue weighted by Crippen LogP contribution is 2.34. The Hall–Kier alpha value is -3.01. The van der Waals surface area contributed by atoms with Crippen LogP contribution >= 0.6 is 0 Å². The van der Waals surface area contributed by atoms with Crippen LogP contribution in [0.4, 0.5) is 15.3 Å². The smallest absolute Gasteiger partial charge is 0.409 e. The number of hydrogen-bond donors (Lipinski definition) is 2. The van der Waals surface area contributed by atoms with Crippen LogP contribution in [0.2, 0.25) is 0 Å². The van der Waals surface area contributed by atoms with E-state index in [1.807, 2.05) is 18.7 Å². The summed E-state index contributed by atoms with van der Waals surface area (Å²) in [5, 5.41) is 4.93. The number of amides is 4. The van der Waals surface area contributed by atoms with Crippen LogP contribution in [0.25, 0.3) is 0 Å². The maximum Gasteiger partial charge on any atom is 0.409 e. The van der Waals surface area contributed by atoms with Crippen molar-refractivity contribution >= 4 is 23.7 Å². The number of anilines is 1. The molecule has 2 heterocycles. The lowest BCUT2D eigenvalue weighted by atomic mass is 10.2. The molecule has 0 aliphatic carbocycles. The number of rotatable bonds is 5. The Bertz CT molecular complexity index is 785. The molecule has 1 fully saturated rings. The molecular weight excluding hydrogens is 392 g/mol. The molecule has 10 heteroatoms. The predicted octanol–water partition coefficient (Wildman–Crippen LogP) is 1.86. The monoisotopic (exact) mass is 420 g/mol. The molecule has 3 rings (SSSR count). The molecule has 164 valence electrons. The third-order valence-electron chi connectivity index (χ3n) is 4.64. The summed E-state index contributed by atoms with van der Waals surface area (Å²) < 4.78 is 15.8. The zero-order valence-electron chi connectivity index (χ0n) is 17.3. The molecule has 0 radical (unpaired) electrons. The molecule has 2 N–H and O–H groups in total. The standard InChI is InChI=1S/C20H28N4O6/c1-14(2)12-28-20(27)24-7-3-6-23(8-9-24)11-18(25)22-19(26)21-15-4-5-16-17(10-15)30-13-29-16/h4-5,10,14H,3,6-9,11-13H2,1-2H3,(H2,21,22,25,26). The van der Waals surface area contributed by atoms with Crippen LogP contribution in [0, 0.1) is 5.92 Å². The second-order valence-electron chi connectivity index (χ2n) is 7.66. The van der Waals surface area contributed by atoms with Crippen molar-refractivity contribution in [3.63, 3.8) is 0 Å². The largest absolute Gasteiger partial charge is 0.454 e. The molecule has 4 amide bonds. The van der Waals surface area contributed by atoms with Gasteiger partial charge in [0.2, 0.25) is 12.7 Å². The Kier molecular flexibility index (Phi) is 7.34. The van der Waals surface area contributed by atoms with Crippen molar-refractivity contribution in [3.05, 3.63) is 18.2 Å². The summed E-state index contributed by atoms with van der Waals surface area (Å²) in [7, 11) is 0. The van der Waals surface area contributed by atoms with E-state index in [4.69, 9.17) is 14.2 Å². The van der Waals surface area contributed by atoms with Gasteiger partial charge in [0.05, 0.1) is 13.2 Å². The number of benzene rings is 1. The fraction of sp³-hybridized carbons (Fsp3) is 0.550. The Morgan fingerprint density at radius 3 is 2.70 bits per heavy atom. The second-order valence-corrected chi connectivity index (χ2v) is 7.66. The molecule has 0 aromatic heterocycles. The van der Waals surface area contributed by atoms with Crippen molar-refractivity contribution in [2.24, 2.45) is 5.92 Å². The maximum absolute atomic E-state index is 12.2. The van der Waals surface area contributed by atoms with Crippen LogP contribution in [-0.4, -0.2) is 74.0 Å². The quantitative estimate of drug-likeness (QED) is 0.748. The topological polar surface area (TPSA) is 109 Å². The van der Waals surface area contributed by atoms with E-state index in [0.717, 1.165) is 6.42 Å². The van der Waals surface area contributed by atoms with Gasteiger partial charge in [-0.05, 0) is 24.5 Å². The summed E-state index contributed by atoms with van der Waals surface area (Å²) in [6.45, 7) is 6.83. The van der Waals surface area contributed by atoms with E-state index < -0.39 is 11.9 Å². The molecule has 0 unspecified atom stereocenters. The number of nitrogens with one attached hydrogen (secondary N) is 2. The fourth-order valence-corrected chi connectivity index (χ4v) is 3.15. The average Bonchev–Trinajstić information content (AvgIpc) is 3.03. The van der Waals surface area contributed by atoms with Gasteiger partial charge in [-0.2, -0.15) is 0 Å². The molecule has 0 atom stereocenters. The van der Waals surface area contributed by atoms with Crippen LogP contribution in [-0.2, 0) is 9.53 Å². The average molecular weight is 420 g/mol. The summed E-state index contributed by atoms with van der Waals surface area (Å²) in [4.78, 5) is 40.0. The predicted molar refractivity (Wildman–Crippen MR) is 109 cm³/mol. The minimum Gasteiger partial charge on any atom is -0.454 e. The first-order valence-electron chi connectivity index (χ1n) is 10.1. The lowest BCUT2D eigenvalue weighted by Gasteiger charge is -2.21. The van der Waals surface area contributed by atoms with Gasteiger partial charge in [-0.25, -0.2) is 9.59 Å². The lowest BCUT2D eigenvalue weighted by molar-refractivity contribution is -0.121. The molecule has 1 saturated heterocycles. The van der Waals surface area contributed by atoms with Crippen molar-refractivity contribution in [2.45, 2.75) is 20.3 Å². The Balaban J connectivity index is 1.41. The zero-order chi connectivity index (χ0) is 21.5. The van der Waals surface area contributed by atoms with E-state index in [1.54, 1.807) is 23.1 Å². The third kappa shape index (κ3) is 6.24. The molecule has 1 aromatic carbocycles. The molecule has 1 aromatic rings. The molecule has 0 saturated carbocycles. The highest BCUT2D eigenvalue weighted by molar-refractivity contribution is 6.01. The fourth-order valence-electron chi connectivity index (χ4n) is 3.15. The Morgan fingerprint density at radius 2 is 1.90 bits per heavy atom. The number of imide groups is 1. The number of ether oxygens (including phenoxy) is 3. The molecule has 30 heavy (non-hydrogen) atoms. The summed E-state index contributed by atoms with van der Waals surface area (Å²) in [6.07, 6.45) is 0.408. The number of urea groups is 1.